The van der Waals surface area contributed by atoms with Gasteiger partial charge in [-0.25, -0.2) is 4.98 Å². The van der Waals surface area contributed by atoms with Gasteiger partial charge in [-0.15, -0.1) is 0 Å². The summed E-state index contributed by atoms with van der Waals surface area (Å²) in [6, 6.07) is 23.5. The van der Waals surface area contributed by atoms with Crippen LogP contribution in [0.25, 0.3) is 39.2 Å². The van der Waals surface area contributed by atoms with E-state index < -0.39 is 0 Å². The molecule has 2 aromatic carbocycles. The molecule has 0 amide bonds. The number of para-hydroxylation sites is 1. The van der Waals surface area contributed by atoms with E-state index >= 15 is 0 Å². The molecule has 2 aliphatic heterocycles. The summed E-state index contributed by atoms with van der Waals surface area (Å²) in [6.45, 7) is 0. The van der Waals surface area contributed by atoms with Crippen molar-refractivity contribution in [3.8, 4) is 28.3 Å². The summed E-state index contributed by atoms with van der Waals surface area (Å²) in [5, 5.41) is 0.987. The number of nitrogens with one attached hydrogen (secondary N) is 1. The Morgan fingerprint density at radius 1 is 0.938 bits per heavy atom. The minimum absolute atomic E-state index is 0.151. The van der Waals surface area contributed by atoms with Crippen LogP contribution in [0, 0.1) is 0 Å². The van der Waals surface area contributed by atoms with Gasteiger partial charge in [-0.1, -0.05) is 48.5 Å². The van der Waals surface area contributed by atoms with Gasteiger partial charge in [0.25, 0.3) is 5.56 Å². The molecule has 4 aromatic rings. The van der Waals surface area contributed by atoms with Gasteiger partial charge in [0.05, 0.1) is 29.6 Å². The number of aromatic nitrogens is 4. The topological polar surface area (TPSA) is 76.7 Å². The van der Waals surface area contributed by atoms with E-state index in [-0.39, 0.29) is 5.56 Å². The van der Waals surface area contributed by atoms with E-state index in [0.717, 1.165) is 33.4 Å². The minimum Gasteiger partial charge on any atom is -0.469 e. The molecule has 0 bridgehead atoms. The molecule has 0 radical (unpaired) electrons. The Morgan fingerprint density at radius 2 is 1.78 bits per heavy atom. The molecule has 0 aliphatic carbocycles. The molecule has 0 atom stereocenters. The lowest BCUT2D eigenvalue weighted by Crippen LogP contribution is -2.16. The maximum atomic E-state index is 13.3. The van der Waals surface area contributed by atoms with E-state index in [4.69, 9.17) is 9.40 Å². The van der Waals surface area contributed by atoms with Gasteiger partial charge in [0.2, 0.25) is 0 Å². The van der Waals surface area contributed by atoms with Gasteiger partial charge in [-0.2, -0.15) is 0 Å². The fourth-order valence-electron chi connectivity index (χ4n) is 4.07. The Kier molecular flexibility index (Phi) is 4.21. The van der Waals surface area contributed by atoms with Gasteiger partial charge < -0.3 is 9.40 Å². The second-order valence-electron chi connectivity index (χ2n) is 7.60. The van der Waals surface area contributed by atoms with E-state index in [0.29, 0.717) is 23.7 Å². The smallest absolute Gasteiger partial charge is 0.278 e. The Morgan fingerprint density at radius 3 is 2.62 bits per heavy atom. The molecule has 0 unspecified atom stereocenters. The third-order valence-corrected chi connectivity index (χ3v) is 5.60. The highest BCUT2D eigenvalue weighted by Gasteiger charge is 2.22. The van der Waals surface area contributed by atoms with Crippen molar-refractivity contribution < 1.29 is 4.42 Å². The van der Waals surface area contributed by atoms with E-state index in [1.165, 1.54) is 0 Å². The van der Waals surface area contributed by atoms with Crippen molar-refractivity contribution in [3.05, 3.63) is 113 Å². The molecule has 6 rings (SSSR count). The number of hydrogen-bond donors (Lipinski definition) is 1. The summed E-state index contributed by atoms with van der Waals surface area (Å²) in [6.07, 6.45) is 5.54. The van der Waals surface area contributed by atoms with Gasteiger partial charge in [0, 0.05) is 23.3 Å². The number of rotatable bonds is 4. The number of pyridine rings is 1. The van der Waals surface area contributed by atoms with E-state index in [9.17, 15) is 4.79 Å². The SMILES string of the molecule is O=c1c(Cc2ccco2)nc2c(-c3ccnc4ccccc34)[nH]c(-c3ccccc3)cn1-2. The first kappa shape index (κ1) is 18.3. The van der Waals surface area contributed by atoms with Crippen LogP contribution in [-0.4, -0.2) is 19.5 Å². The van der Waals surface area contributed by atoms with Crippen LogP contribution in [-0.2, 0) is 6.42 Å². The number of furan rings is 1. The fraction of sp³-hybridized carbons (Fsp3) is 0.0385. The van der Waals surface area contributed by atoms with Gasteiger partial charge >= 0.3 is 0 Å². The summed E-state index contributed by atoms with van der Waals surface area (Å²) in [5.74, 6) is 1.28. The molecular weight excluding hydrogens is 400 g/mol. The molecular formula is C26H18N4O2. The second kappa shape index (κ2) is 7.35. The van der Waals surface area contributed by atoms with Gasteiger partial charge in [0.1, 0.15) is 11.5 Å². The molecule has 32 heavy (non-hydrogen) atoms. The third kappa shape index (κ3) is 3.01. The Hall–Kier alpha value is -4.45. The molecule has 2 aromatic heterocycles. The average molecular weight is 418 g/mol. The van der Waals surface area contributed by atoms with Crippen LogP contribution in [0.1, 0.15) is 11.5 Å². The van der Waals surface area contributed by atoms with E-state index in [1.807, 2.05) is 79.0 Å². The Labute approximate surface area is 183 Å². The highest BCUT2D eigenvalue weighted by molar-refractivity contribution is 5.95. The van der Waals surface area contributed by atoms with Crippen molar-refractivity contribution in [3.63, 3.8) is 0 Å². The number of aromatic amines is 1. The Balaban J connectivity index is 1.64. The van der Waals surface area contributed by atoms with Crippen molar-refractivity contribution in [1.82, 2.24) is 19.5 Å². The highest BCUT2D eigenvalue weighted by atomic mass is 16.3. The predicted octanol–water partition coefficient (Wildman–Crippen LogP) is 5.06. The molecule has 0 fully saturated rings. The lowest BCUT2D eigenvalue weighted by atomic mass is 10.0. The van der Waals surface area contributed by atoms with Crippen LogP contribution in [0.15, 0.2) is 101 Å². The first-order valence-corrected chi connectivity index (χ1v) is 10.3. The molecule has 0 saturated carbocycles. The number of H-pyrrole nitrogens is 1. The summed E-state index contributed by atoms with van der Waals surface area (Å²) in [4.78, 5) is 26.1. The molecule has 0 saturated heterocycles. The number of nitrogens with zero attached hydrogens (tertiary/aromatic N) is 3. The van der Waals surface area contributed by atoms with Crippen molar-refractivity contribution in [2.45, 2.75) is 6.42 Å². The van der Waals surface area contributed by atoms with E-state index in [2.05, 4.69) is 9.97 Å². The molecule has 6 nitrogen and oxygen atoms in total. The number of fused-ring (bicyclic) bond motifs is 2. The van der Waals surface area contributed by atoms with Crippen molar-refractivity contribution >= 4 is 10.9 Å². The summed E-state index contributed by atoms with van der Waals surface area (Å²) in [5.41, 5.74) is 4.69. The zero-order valence-electron chi connectivity index (χ0n) is 17.0. The monoisotopic (exact) mass is 418 g/mol. The second-order valence-corrected chi connectivity index (χ2v) is 7.60. The fourth-order valence-corrected chi connectivity index (χ4v) is 4.07. The normalized spacial score (nSPS) is 11.4. The maximum Gasteiger partial charge on any atom is 0.278 e. The number of hydrogen-bond acceptors (Lipinski definition) is 4. The first-order valence-electron chi connectivity index (χ1n) is 10.3. The van der Waals surface area contributed by atoms with Crippen LogP contribution in [0.4, 0.5) is 0 Å². The largest absolute Gasteiger partial charge is 0.469 e. The molecule has 4 heterocycles. The third-order valence-electron chi connectivity index (χ3n) is 5.60. The zero-order valence-corrected chi connectivity index (χ0v) is 17.0. The maximum absolute atomic E-state index is 13.3. The lowest BCUT2D eigenvalue weighted by Gasteiger charge is -2.14. The van der Waals surface area contributed by atoms with Crippen LogP contribution >= 0.6 is 0 Å². The van der Waals surface area contributed by atoms with Crippen molar-refractivity contribution in [2.75, 3.05) is 0 Å². The van der Waals surface area contributed by atoms with Gasteiger partial charge in [-0.05, 0) is 29.8 Å². The summed E-state index contributed by atoms with van der Waals surface area (Å²) >= 11 is 0. The first-order chi connectivity index (χ1) is 15.8. The molecule has 2 aliphatic rings. The lowest BCUT2D eigenvalue weighted by molar-refractivity contribution is 0.519. The van der Waals surface area contributed by atoms with Crippen LogP contribution in [0.2, 0.25) is 0 Å². The predicted molar refractivity (Wildman–Crippen MR) is 123 cm³/mol. The van der Waals surface area contributed by atoms with Gasteiger partial charge in [-0.3, -0.25) is 14.3 Å². The standard InChI is InChI=1S/C26H18N4O2/c31-26-22(15-18-9-6-14-32-18)29-25-24(20-12-13-27-21-11-5-4-10-19(20)21)28-23(16-30(25)26)17-7-2-1-3-8-17/h1-14,16,28H,15H2. The summed E-state index contributed by atoms with van der Waals surface area (Å²) in [7, 11) is 0. The van der Waals surface area contributed by atoms with Crippen LogP contribution in [0.5, 0.6) is 0 Å². The Bertz CT molecular complexity index is 1560. The molecule has 154 valence electrons. The van der Waals surface area contributed by atoms with Crippen molar-refractivity contribution in [1.29, 1.82) is 0 Å². The quantitative estimate of drug-likeness (QED) is 0.434. The molecule has 0 spiro atoms. The zero-order chi connectivity index (χ0) is 21.5. The highest BCUT2D eigenvalue weighted by Crippen LogP contribution is 2.32. The number of imidazole rings is 1. The molecule has 1 N–H and O–H groups in total. The van der Waals surface area contributed by atoms with Crippen LogP contribution in [0.3, 0.4) is 0 Å². The summed E-state index contributed by atoms with van der Waals surface area (Å²) < 4.78 is 7.08. The van der Waals surface area contributed by atoms with E-state index in [1.54, 1.807) is 17.0 Å². The molecule has 6 heteroatoms. The van der Waals surface area contributed by atoms with Gasteiger partial charge in [0.15, 0.2) is 5.82 Å². The number of benzene rings is 2. The van der Waals surface area contributed by atoms with Crippen molar-refractivity contribution in [2.24, 2.45) is 0 Å². The minimum atomic E-state index is -0.151. The average Bonchev–Trinajstić information content (AvgIpc) is 3.47. The van der Waals surface area contributed by atoms with Crippen LogP contribution < -0.4 is 5.56 Å².